The van der Waals surface area contributed by atoms with Crippen LogP contribution < -0.4 is 4.90 Å². The highest BCUT2D eigenvalue weighted by Gasteiger charge is 2.19. The van der Waals surface area contributed by atoms with E-state index in [1.165, 1.54) is 16.6 Å². The van der Waals surface area contributed by atoms with Crippen molar-refractivity contribution in [1.29, 1.82) is 0 Å². The average Bonchev–Trinajstić information content (AvgIpc) is 3.01. The van der Waals surface area contributed by atoms with Gasteiger partial charge in [0.2, 0.25) is 0 Å². The highest BCUT2D eigenvalue weighted by atomic mass is 32.1. The van der Waals surface area contributed by atoms with Crippen LogP contribution in [0, 0.1) is 0 Å². The van der Waals surface area contributed by atoms with Crippen molar-refractivity contribution in [3.05, 3.63) is 59.6 Å². The van der Waals surface area contributed by atoms with Gasteiger partial charge in [0, 0.05) is 49.7 Å². The van der Waals surface area contributed by atoms with Gasteiger partial charge in [-0.15, -0.1) is 11.3 Å². The van der Waals surface area contributed by atoms with Crippen LogP contribution in [0.1, 0.15) is 5.56 Å². The molecule has 112 valence electrons. The Bertz CT molecular complexity index is 745. The molecule has 0 bridgehead atoms. The van der Waals surface area contributed by atoms with E-state index in [9.17, 15) is 0 Å². The van der Waals surface area contributed by atoms with Crippen LogP contribution in [-0.4, -0.2) is 36.1 Å². The van der Waals surface area contributed by atoms with E-state index in [2.05, 4.69) is 56.6 Å². The minimum absolute atomic E-state index is 1.06. The third kappa shape index (κ3) is 2.72. The Morgan fingerprint density at radius 3 is 2.59 bits per heavy atom. The van der Waals surface area contributed by atoms with Gasteiger partial charge in [0.15, 0.2) is 0 Å². The number of benzene rings is 1. The molecule has 22 heavy (non-hydrogen) atoms. The summed E-state index contributed by atoms with van der Waals surface area (Å²) in [5.74, 6) is 0. The number of hydrogen-bond acceptors (Lipinski definition) is 4. The van der Waals surface area contributed by atoms with Gasteiger partial charge < -0.3 is 4.90 Å². The fourth-order valence-electron chi connectivity index (χ4n) is 3.09. The SMILES string of the molecule is c1ccc(CN2CCN(c3csc4ncccc34)CC2)cc1. The van der Waals surface area contributed by atoms with Crippen LogP contribution in [0.3, 0.4) is 0 Å². The van der Waals surface area contributed by atoms with Crippen LogP contribution in [0.4, 0.5) is 5.69 Å². The molecule has 0 radical (unpaired) electrons. The van der Waals surface area contributed by atoms with Crippen molar-refractivity contribution < 1.29 is 0 Å². The Morgan fingerprint density at radius 2 is 1.77 bits per heavy atom. The predicted octanol–water partition coefficient (Wildman–Crippen LogP) is 3.62. The molecule has 3 heterocycles. The number of fused-ring (bicyclic) bond motifs is 1. The summed E-state index contributed by atoms with van der Waals surface area (Å²) in [6, 6.07) is 15.0. The second-order valence-corrected chi connectivity index (χ2v) is 6.58. The van der Waals surface area contributed by atoms with Gasteiger partial charge in [-0.3, -0.25) is 4.90 Å². The van der Waals surface area contributed by atoms with Crippen LogP contribution >= 0.6 is 11.3 Å². The van der Waals surface area contributed by atoms with E-state index in [1.807, 2.05) is 12.3 Å². The van der Waals surface area contributed by atoms with Gasteiger partial charge in [0.05, 0.1) is 5.69 Å². The lowest BCUT2D eigenvalue weighted by Crippen LogP contribution is -2.45. The highest BCUT2D eigenvalue weighted by molar-refractivity contribution is 7.17. The minimum atomic E-state index is 1.06. The summed E-state index contributed by atoms with van der Waals surface area (Å²) in [6.45, 7) is 5.47. The van der Waals surface area contributed by atoms with Crippen molar-refractivity contribution in [3.63, 3.8) is 0 Å². The maximum atomic E-state index is 4.45. The first-order valence-electron chi connectivity index (χ1n) is 7.73. The number of hydrogen-bond donors (Lipinski definition) is 0. The summed E-state index contributed by atoms with van der Waals surface area (Å²) in [7, 11) is 0. The Hall–Kier alpha value is -1.91. The molecule has 0 saturated carbocycles. The maximum absolute atomic E-state index is 4.45. The molecular formula is C18H19N3S. The van der Waals surface area contributed by atoms with Gasteiger partial charge in [-0.1, -0.05) is 30.3 Å². The number of aromatic nitrogens is 1. The summed E-state index contributed by atoms with van der Waals surface area (Å²) < 4.78 is 0. The summed E-state index contributed by atoms with van der Waals surface area (Å²) in [6.07, 6.45) is 1.88. The average molecular weight is 309 g/mol. The van der Waals surface area contributed by atoms with E-state index in [4.69, 9.17) is 0 Å². The molecule has 2 aromatic heterocycles. The monoisotopic (exact) mass is 309 g/mol. The maximum Gasteiger partial charge on any atom is 0.125 e. The summed E-state index contributed by atoms with van der Waals surface area (Å²) in [5.41, 5.74) is 2.76. The molecule has 0 unspecified atom stereocenters. The Balaban J connectivity index is 1.43. The number of piperazine rings is 1. The van der Waals surface area contributed by atoms with Crippen LogP contribution in [0.25, 0.3) is 10.2 Å². The van der Waals surface area contributed by atoms with Crippen molar-refractivity contribution in [3.8, 4) is 0 Å². The van der Waals surface area contributed by atoms with Crippen molar-refractivity contribution in [2.45, 2.75) is 6.54 Å². The first-order valence-corrected chi connectivity index (χ1v) is 8.61. The standard InChI is InChI=1S/C18H19N3S/c1-2-5-15(6-3-1)13-20-9-11-21(12-10-20)17-14-22-18-16(17)7-4-8-19-18/h1-8,14H,9-13H2. The smallest absolute Gasteiger partial charge is 0.125 e. The molecule has 1 aliphatic rings. The summed E-state index contributed by atoms with van der Waals surface area (Å²) in [4.78, 5) is 10.6. The zero-order chi connectivity index (χ0) is 14.8. The summed E-state index contributed by atoms with van der Waals surface area (Å²) >= 11 is 1.74. The topological polar surface area (TPSA) is 19.4 Å². The zero-order valence-electron chi connectivity index (χ0n) is 12.5. The fraction of sp³-hybridized carbons (Fsp3) is 0.278. The quantitative estimate of drug-likeness (QED) is 0.736. The van der Waals surface area contributed by atoms with Crippen molar-refractivity contribution in [2.75, 3.05) is 31.1 Å². The molecule has 3 nitrogen and oxygen atoms in total. The van der Waals surface area contributed by atoms with E-state index in [-0.39, 0.29) is 0 Å². The highest BCUT2D eigenvalue weighted by Crippen LogP contribution is 2.32. The van der Waals surface area contributed by atoms with Crippen molar-refractivity contribution in [2.24, 2.45) is 0 Å². The molecule has 0 N–H and O–H groups in total. The van der Waals surface area contributed by atoms with Gasteiger partial charge in [0.25, 0.3) is 0 Å². The van der Waals surface area contributed by atoms with Gasteiger partial charge >= 0.3 is 0 Å². The normalized spacial score (nSPS) is 16.3. The molecule has 3 aromatic rings. The molecule has 1 aromatic carbocycles. The second kappa shape index (κ2) is 6.07. The largest absolute Gasteiger partial charge is 0.368 e. The molecule has 4 rings (SSSR count). The van der Waals surface area contributed by atoms with Crippen LogP contribution in [-0.2, 0) is 6.54 Å². The number of anilines is 1. The molecule has 0 spiro atoms. The van der Waals surface area contributed by atoms with Crippen molar-refractivity contribution >= 4 is 27.2 Å². The Kier molecular flexibility index (Phi) is 3.79. The molecule has 0 amide bonds. The lowest BCUT2D eigenvalue weighted by Gasteiger charge is -2.35. The molecule has 1 fully saturated rings. The van der Waals surface area contributed by atoms with Gasteiger partial charge in [-0.25, -0.2) is 4.98 Å². The molecule has 1 saturated heterocycles. The minimum Gasteiger partial charge on any atom is -0.368 e. The van der Waals surface area contributed by atoms with E-state index in [0.717, 1.165) is 37.6 Å². The molecule has 4 heteroatoms. The molecule has 0 aliphatic carbocycles. The fourth-order valence-corrected chi connectivity index (χ4v) is 4.01. The number of thiophene rings is 1. The van der Waals surface area contributed by atoms with E-state index < -0.39 is 0 Å². The van der Waals surface area contributed by atoms with Gasteiger partial charge in [0.1, 0.15) is 4.83 Å². The Labute approximate surface area is 134 Å². The third-order valence-electron chi connectivity index (χ3n) is 4.29. The van der Waals surface area contributed by atoms with E-state index in [1.54, 1.807) is 11.3 Å². The Morgan fingerprint density at radius 1 is 0.955 bits per heavy atom. The lowest BCUT2D eigenvalue weighted by molar-refractivity contribution is 0.250. The van der Waals surface area contributed by atoms with Crippen LogP contribution in [0.2, 0.25) is 0 Å². The lowest BCUT2D eigenvalue weighted by atomic mass is 10.2. The zero-order valence-corrected chi connectivity index (χ0v) is 13.3. The molecule has 1 aliphatic heterocycles. The first kappa shape index (κ1) is 13.7. The second-order valence-electron chi connectivity index (χ2n) is 5.73. The first-order chi connectivity index (χ1) is 10.9. The van der Waals surface area contributed by atoms with Crippen LogP contribution in [0.15, 0.2) is 54.0 Å². The number of pyridine rings is 1. The molecular weight excluding hydrogens is 290 g/mol. The third-order valence-corrected chi connectivity index (χ3v) is 5.18. The van der Waals surface area contributed by atoms with E-state index in [0.29, 0.717) is 0 Å². The van der Waals surface area contributed by atoms with Crippen LogP contribution in [0.5, 0.6) is 0 Å². The number of rotatable bonds is 3. The predicted molar refractivity (Wildman–Crippen MR) is 93.6 cm³/mol. The number of nitrogens with zero attached hydrogens (tertiary/aromatic N) is 3. The van der Waals surface area contributed by atoms with Crippen molar-refractivity contribution in [1.82, 2.24) is 9.88 Å². The molecule has 0 atom stereocenters. The van der Waals surface area contributed by atoms with Gasteiger partial charge in [-0.05, 0) is 17.7 Å². The summed E-state index contributed by atoms with van der Waals surface area (Å²) in [5, 5.41) is 3.55. The van der Waals surface area contributed by atoms with Gasteiger partial charge in [-0.2, -0.15) is 0 Å². The van der Waals surface area contributed by atoms with E-state index >= 15 is 0 Å².